The van der Waals surface area contributed by atoms with Gasteiger partial charge in [0.1, 0.15) is 5.75 Å². The number of nitrogens with zero attached hydrogens (tertiary/aromatic N) is 1. The van der Waals surface area contributed by atoms with E-state index in [2.05, 4.69) is 29.6 Å². The number of methoxy groups -OCH3 is 1. The number of carbonyl (C=O) groups excluding carboxylic acids is 2. The molecule has 1 unspecified atom stereocenters. The van der Waals surface area contributed by atoms with Gasteiger partial charge in [0, 0.05) is 13.1 Å². The number of nitrogens with one attached hydrogen (secondary N) is 1. The molecule has 38 heavy (non-hydrogen) atoms. The van der Waals surface area contributed by atoms with E-state index < -0.39 is 5.97 Å². The molecule has 0 aliphatic carbocycles. The molecule has 7 heteroatoms. The van der Waals surface area contributed by atoms with E-state index in [0.717, 1.165) is 64.2 Å². The number of unbranched alkanes of at least 4 members (excludes halogenated alkanes) is 1. The number of rotatable bonds is 10. The molecule has 6 nitrogen and oxygen atoms in total. The molecule has 3 aromatic carbocycles. The Labute approximate surface area is 227 Å². The minimum Gasteiger partial charge on any atom is -0.493 e. The summed E-state index contributed by atoms with van der Waals surface area (Å²) in [6.45, 7) is 7.02. The lowest BCUT2D eigenvalue weighted by Gasteiger charge is -2.31. The van der Waals surface area contributed by atoms with Gasteiger partial charge in [-0.2, -0.15) is 0 Å². The summed E-state index contributed by atoms with van der Waals surface area (Å²) in [4.78, 5) is 26.3. The van der Waals surface area contributed by atoms with E-state index >= 15 is 0 Å². The minimum absolute atomic E-state index is 0.304. The molecule has 4 rings (SSSR count). The molecule has 3 aromatic rings. The van der Waals surface area contributed by atoms with Crippen LogP contribution in [-0.4, -0.2) is 50.0 Å². The molecule has 0 spiro atoms. The highest BCUT2D eigenvalue weighted by molar-refractivity contribution is 7.34. The zero-order chi connectivity index (χ0) is 26.9. The predicted octanol–water partition coefficient (Wildman–Crippen LogP) is 6.97. The second-order valence-corrected chi connectivity index (χ2v) is 10.6. The molecule has 200 valence electrons. The van der Waals surface area contributed by atoms with Crippen molar-refractivity contribution in [2.45, 2.75) is 38.5 Å². The summed E-state index contributed by atoms with van der Waals surface area (Å²) in [7, 11) is 2.17. The van der Waals surface area contributed by atoms with Crippen LogP contribution in [0.1, 0.15) is 64.8 Å². The molecule has 1 atom stereocenters. The third-order valence-electron chi connectivity index (χ3n) is 7.07. The summed E-state index contributed by atoms with van der Waals surface area (Å²) in [5, 5.41) is 3.00. The second-order valence-electron chi connectivity index (χ2n) is 9.51. The molecular formula is C31H37N2O4P. The van der Waals surface area contributed by atoms with E-state index in [1.165, 1.54) is 7.11 Å². The molecule has 1 aliphatic heterocycles. The van der Waals surface area contributed by atoms with E-state index in [1.807, 2.05) is 54.6 Å². The Morgan fingerprint density at radius 1 is 0.974 bits per heavy atom. The van der Waals surface area contributed by atoms with Crippen LogP contribution in [0.15, 0.2) is 66.7 Å². The summed E-state index contributed by atoms with van der Waals surface area (Å²) >= 11 is 0. The highest BCUT2D eigenvalue weighted by Gasteiger charge is 2.23. The van der Waals surface area contributed by atoms with Crippen LogP contribution < -0.4 is 10.1 Å². The molecule has 1 saturated heterocycles. The van der Waals surface area contributed by atoms with E-state index in [-0.39, 0.29) is 5.91 Å². The number of hydrogen-bond acceptors (Lipinski definition) is 5. The standard InChI is InChI=1S/C31H37N2O4P/c1-4-5-19-37-29-14-12-24(23-15-17-33(38-3)18-16-23)20-27(29)30(34)32-28-21-25(22-9-7-6-8-10-22)11-13-26(28)31(35)36-2/h6-14,20-21,23,38H,4-5,15-19H2,1-3H3,(H,32,34). The fourth-order valence-corrected chi connectivity index (χ4v) is 5.51. The number of hydrogen-bond donors (Lipinski definition) is 1. The van der Waals surface area contributed by atoms with Gasteiger partial charge in [-0.3, -0.25) is 9.46 Å². The van der Waals surface area contributed by atoms with Crippen LogP contribution in [0.25, 0.3) is 11.1 Å². The summed E-state index contributed by atoms with van der Waals surface area (Å²) < 4.78 is 13.5. The van der Waals surface area contributed by atoms with Crippen LogP contribution in [0.3, 0.4) is 0 Å². The maximum Gasteiger partial charge on any atom is 0.339 e. The van der Waals surface area contributed by atoms with E-state index in [1.54, 1.807) is 6.07 Å². The van der Waals surface area contributed by atoms with Crippen LogP contribution >= 0.6 is 8.73 Å². The van der Waals surface area contributed by atoms with E-state index in [9.17, 15) is 9.59 Å². The second kappa shape index (κ2) is 13.5. The van der Waals surface area contributed by atoms with Crippen molar-refractivity contribution >= 4 is 26.3 Å². The Kier molecular flexibility index (Phi) is 9.91. The lowest BCUT2D eigenvalue weighted by molar-refractivity contribution is 0.0602. The number of anilines is 1. The molecule has 1 fully saturated rings. The average Bonchev–Trinajstić information content (AvgIpc) is 2.97. The maximum atomic E-state index is 13.8. The van der Waals surface area contributed by atoms with Gasteiger partial charge >= 0.3 is 5.97 Å². The number of amides is 1. The van der Waals surface area contributed by atoms with Gasteiger partial charge in [-0.15, -0.1) is 0 Å². The van der Waals surface area contributed by atoms with Crippen LogP contribution in [0, 0.1) is 0 Å². The van der Waals surface area contributed by atoms with Gasteiger partial charge in [-0.05, 0) is 72.8 Å². The first-order valence-electron chi connectivity index (χ1n) is 13.3. The number of esters is 1. The van der Waals surface area contributed by atoms with Crippen molar-refractivity contribution in [3.63, 3.8) is 0 Å². The third kappa shape index (κ3) is 6.80. The molecule has 1 heterocycles. The normalized spacial score (nSPS) is 14.5. The average molecular weight is 533 g/mol. The third-order valence-corrected chi connectivity index (χ3v) is 8.15. The fraction of sp³-hybridized carbons (Fsp3) is 0.355. The van der Waals surface area contributed by atoms with Gasteiger partial charge in [0.2, 0.25) is 0 Å². The van der Waals surface area contributed by atoms with Crippen molar-refractivity contribution in [1.29, 1.82) is 0 Å². The zero-order valence-corrected chi connectivity index (χ0v) is 23.5. The first-order chi connectivity index (χ1) is 18.5. The van der Waals surface area contributed by atoms with Crippen molar-refractivity contribution in [3.8, 4) is 16.9 Å². The molecule has 1 N–H and O–H groups in total. The lowest BCUT2D eigenvalue weighted by Crippen LogP contribution is -2.26. The number of carbonyl (C=O) groups is 2. The molecule has 1 amide bonds. The largest absolute Gasteiger partial charge is 0.493 e. The van der Waals surface area contributed by atoms with Gasteiger partial charge in [0.05, 0.1) is 30.5 Å². The van der Waals surface area contributed by atoms with Gasteiger partial charge in [0.25, 0.3) is 5.91 Å². The van der Waals surface area contributed by atoms with Gasteiger partial charge in [0.15, 0.2) is 0 Å². The van der Waals surface area contributed by atoms with Gasteiger partial charge in [-0.1, -0.05) is 64.5 Å². The zero-order valence-electron chi connectivity index (χ0n) is 22.5. The summed E-state index contributed by atoms with van der Waals surface area (Å²) in [5.74, 6) is 0.162. The first kappa shape index (κ1) is 27.8. The number of ether oxygens (including phenoxy) is 2. The van der Waals surface area contributed by atoms with E-state index in [0.29, 0.717) is 35.1 Å². The number of piperidine rings is 1. The monoisotopic (exact) mass is 532 g/mol. The van der Waals surface area contributed by atoms with Crippen LogP contribution in [0.2, 0.25) is 0 Å². The molecule has 1 aliphatic rings. The Bertz CT molecular complexity index is 1240. The fourth-order valence-electron chi connectivity index (χ4n) is 4.80. The summed E-state index contributed by atoms with van der Waals surface area (Å²) in [5.41, 5.74) is 4.24. The van der Waals surface area contributed by atoms with Crippen molar-refractivity contribution < 1.29 is 19.1 Å². The maximum absolute atomic E-state index is 13.8. The van der Waals surface area contributed by atoms with Crippen molar-refractivity contribution in [3.05, 3.63) is 83.4 Å². The van der Waals surface area contributed by atoms with Crippen LogP contribution in [0.5, 0.6) is 5.75 Å². The Morgan fingerprint density at radius 3 is 2.42 bits per heavy atom. The van der Waals surface area contributed by atoms with Crippen LogP contribution in [0.4, 0.5) is 5.69 Å². The quantitative estimate of drug-likeness (QED) is 0.173. The van der Waals surface area contributed by atoms with Crippen molar-refractivity contribution in [1.82, 2.24) is 4.67 Å². The molecule has 0 radical (unpaired) electrons. The Morgan fingerprint density at radius 2 is 1.74 bits per heavy atom. The summed E-state index contributed by atoms with van der Waals surface area (Å²) in [6, 6.07) is 21.2. The molecule has 0 saturated carbocycles. The first-order valence-corrected chi connectivity index (χ1v) is 14.8. The number of benzene rings is 3. The topological polar surface area (TPSA) is 67.9 Å². The Hall–Kier alpha value is -3.21. The molecule has 0 bridgehead atoms. The van der Waals surface area contributed by atoms with Gasteiger partial charge in [-0.25, -0.2) is 4.79 Å². The lowest BCUT2D eigenvalue weighted by atomic mass is 9.89. The molecular weight excluding hydrogens is 495 g/mol. The smallest absolute Gasteiger partial charge is 0.339 e. The highest BCUT2D eigenvalue weighted by Crippen LogP contribution is 2.34. The predicted molar refractivity (Wildman–Crippen MR) is 156 cm³/mol. The van der Waals surface area contributed by atoms with Gasteiger partial charge < -0.3 is 14.8 Å². The molecule has 0 aromatic heterocycles. The van der Waals surface area contributed by atoms with E-state index in [4.69, 9.17) is 9.47 Å². The Balaban J connectivity index is 1.66. The van der Waals surface area contributed by atoms with Crippen LogP contribution in [-0.2, 0) is 4.74 Å². The minimum atomic E-state index is -0.503. The van der Waals surface area contributed by atoms with Crippen molar-refractivity contribution in [2.75, 3.05) is 38.8 Å². The highest BCUT2D eigenvalue weighted by atomic mass is 31.1. The summed E-state index contributed by atoms with van der Waals surface area (Å²) in [6.07, 6.45) is 4.06. The van der Waals surface area contributed by atoms with Crippen molar-refractivity contribution in [2.24, 2.45) is 0 Å². The SMILES string of the molecule is CCCCOc1ccc(C2CCN(PC)CC2)cc1C(=O)Nc1cc(-c2ccccc2)ccc1C(=O)OC.